The highest BCUT2D eigenvalue weighted by molar-refractivity contribution is 8.13. The summed E-state index contributed by atoms with van der Waals surface area (Å²) in [6.07, 6.45) is -0.519. The highest BCUT2D eigenvalue weighted by Gasteiger charge is 2.36. The number of fused-ring (bicyclic) bond motifs is 3. The van der Waals surface area contributed by atoms with Crippen LogP contribution in [0, 0.1) is 0 Å². The molecule has 0 saturated heterocycles. The average molecular weight is 417 g/mol. The van der Waals surface area contributed by atoms with E-state index in [0.29, 0.717) is 16.6 Å². The van der Waals surface area contributed by atoms with Crippen LogP contribution in [0.1, 0.15) is 18.7 Å². The molecule has 6 nitrogen and oxygen atoms in total. The molecule has 1 amide bonds. The molecule has 1 N–H and O–H groups in total. The molecule has 5 rings (SSSR count). The van der Waals surface area contributed by atoms with E-state index in [1.54, 1.807) is 12.1 Å². The average Bonchev–Trinajstić information content (AvgIpc) is 2.78. The third kappa shape index (κ3) is 2.93. The van der Waals surface area contributed by atoms with Gasteiger partial charge in [0.1, 0.15) is 11.4 Å². The van der Waals surface area contributed by atoms with Gasteiger partial charge in [-0.15, -0.1) is 5.10 Å². The molecule has 0 unspecified atom stereocenters. The van der Waals surface area contributed by atoms with Crippen LogP contribution in [0.3, 0.4) is 0 Å². The number of hydrogen-bond acceptors (Lipinski definition) is 6. The molecule has 30 heavy (non-hydrogen) atoms. The Balaban J connectivity index is 1.83. The topological polar surface area (TPSA) is 66.3 Å². The van der Waals surface area contributed by atoms with E-state index in [9.17, 15) is 4.79 Å². The number of methoxy groups -OCH3 is 1. The lowest BCUT2D eigenvalue weighted by atomic mass is 9.99. The van der Waals surface area contributed by atoms with Gasteiger partial charge >= 0.3 is 0 Å². The molecule has 150 valence electrons. The van der Waals surface area contributed by atoms with Crippen LogP contribution in [0.4, 0.5) is 0 Å². The van der Waals surface area contributed by atoms with Crippen LogP contribution in [0.2, 0.25) is 0 Å². The van der Waals surface area contributed by atoms with Crippen molar-refractivity contribution in [1.29, 1.82) is 0 Å². The number of rotatable bonds is 3. The Hall–Kier alpha value is -3.32. The van der Waals surface area contributed by atoms with Gasteiger partial charge < -0.3 is 4.74 Å². The number of ether oxygens (including phenoxy) is 1. The van der Waals surface area contributed by atoms with E-state index in [4.69, 9.17) is 14.8 Å². The monoisotopic (exact) mass is 416 g/mol. The maximum Gasteiger partial charge on any atom is 0.276 e. The first-order valence-electron chi connectivity index (χ1n) is 9.76. The van der Waals surface area contributed by atoms with Crippen molar-refractivity contribution in [3.63, 3.8) is 0 Å². The van der Waals surface area contributed by atoms with E-state index < -0.39 is 6.17 Å². The molecule has 2 heterocycles. The molecule has 0 fully saturated rings. The Kier molecular flexibility index (Phi) is 4.67. The number of hydrogen-bond donors (Lipinski definition) is 1. The van der Waals surface area contributed by atoms with Crippen molar-refractivity contribution in [1.82, 2.24) is 10.3 Å². The van der Waals surface area contributed by atoms with E-state index in [2.05, 4.69) is 17.4 Å². The number of carbonyl (C=O) groups is 1. The number of amidine groups is 1. The van der Waals surface area contributed by atoms with Crippen LogP contribution in [-0.2, 0) is 4.79 Å². The number of nitrogens with zero attached hydrogens (tertiary/aromatic N) is 3. The number of benzene rings is 3. The summed E-state index contributed by atoms with van der Waals surface area (Å²) >= 11 is 1.49. The lowest BCUT2D eigenvalue weighted by molar-refractivity contribution is -0.116. The number of amides is 1. The molecule has 0 spiro atoms. The quantitative estimate of drug-likeness (QED) is 0.713. The van der Waals surface area contributed by atoms with Gasteiger partial charge in [0.15, 0.2) is 11.3 Å². The minimum atomic E-state index is -0.519. The highest BCUT2D eigenvalue weighted by Crippen LogP contribution is 2.39. The summed E-state index contributed by atoms with van der Waals surface area (Å²) in [7, 11) is 1.65. The van der Waals surface area contributed by atoms with Crippen molar-refractivity contribution < 1.29 is 9.53 Å². The van der Waals surface area contributed by atoms with Crippen molar-refractivity contribution in [3.05, 3.63) is 76.8 Å². The molecular weight excluding hydrogens is 396 g/mol. The van der Waals surface area contributed by atoms with Crippen molar-refractivity contribution >= 4 is 39.3 Å². The zero-order valence-electron chi connectivity index (χ0n) is 16.6. The van der Waals surface area contributed by atoms with Crippen molar-refractivity contribution in [2.75, 3.05) is 12.9 Å². The summed E-state index contributed by atoms with van der Waals surface area (Å²) in [6.45, 7) is 2.03. The van der Waals surface area contributed by atoms with E-state index in [0.717, 1.165) is 32.7 Å². The number of para-hydroxylation sites is 1. The zero-order valence-corrected chi connectivity index (χ0v) is 17.4. The van der Waals surface area contributed by atoms with E-state index >= 15 is 0 Å². The van der Waals surface area contributed by atoms with Gasteiger partial charge in [-0.25, -0.2) is 5.01 Å². The summed E-state index contributed by atoms with van der Waals surface area (Å²) < 4.78 is 5.73. The van der Waals surface area contributed by atoms with Gasteiger partial charge in [0.25, 0.3) is 5.91 Å². The fraction of sp³-hybridized carbons (Fsp3) is 0.174. The fourth-order valence-corrected chi connectivity index (χ4v) is 4.52. The Morgan fingerprint density at radius 3 is 2.73 bits per heavy atom. The van der Waals surface area contributed by atoms with Crippen molar-refractivity contribution in [2.24, 2.45) is 10.1 Å². The van der Waals surface area contributed by atoms with E-state index in [-0.39, 0.29) is 5.91 Å². The first kappa shape index (κ1) is 18.7. The maximum atomic E-state index is 13.1. The molecule has 2 aliphatic heterocycles. The van der Waals surface area contributed by atoms with Gasteiger partial charge in [-0.2, -0.15) is 0 Å². The van der Waals surface area contributed by atoms with Crippen LogP contribution in [-0.4, -0.2) is 28.9 Å². The Morgan fingerprint density at radius 2 is 1.90 bits per heavy atom. The second-order valence-corrected chi connectivity index (χ2v) is 8.16. The Bertz CT molecular complexity index is 1320. The molecule has 7 heteroatoms. The largest absolute Gasteiger partial charge is 0.496 e. The summed E-state index contributed by atoms with van der Waals surface area (Å²) in [6, 6.07) is 19.8. The Labute approximate surface area is 177 Å². The number of thioether (sulfide) groups is 1. The van der Waals surface area contributed by atoms with Gasteiger partial charge in [-0.1, -0.05) is 67.2 Å². The fourth-order valence-electron chi connectivity index (χ4n) is 3.94. The standard InChI is InChI=1S/C23H20N4O2S/c1-3-30-23-25-22(28)20-16-10-6-7-11-17(16)24-21(27(20)26-23)19-15-9-5-4-8-14(15)12-13-18(19)29-2/h4-13,21H,3H2,1-2H3,(H,25,26,28)/t21-/m0/s1. The second-order valence-electron chi connectivity index (χ2n) is 6.91. The first-order valence-corrected chi connectivity index (χ1v) is 10.7. The highest BCUT2D eigenvalue weighted by atomic mass is 32.2. The second kappa shape index (κ2) is 7.50. The molecular formula is C23H20N4O2S. The molecule has 0 aromatic heterocycles. The third-order valence-electron chi connectivity index (χ3n) is 5.21. The third-order valence-corrected chi connectivity index (χ3v) is 5.95. The molecule has 0 aliphatic carbocycles. The molecule has 0 radical (unpaired) electrons. The molecule has 3 aromatic rings. The summed E-state index contributed by atoms with van der Waals surface area (Å²) in [5, 5.41) is 13.7. The molecule has 2 aliphatic rings. The van der Waals surface area contributed by atoms with Crippen LogP contribution in [0.25, 0.3) is 16.5 Å². The predicted molar refractivity (Wildman–Crippen MR) is 119 cm³/mol. The number of hydrazone groups is 1. The number of nitrogens with one attached hydrogen (secondary N) is 1. The molecule has 3 aromatic carbocycles. The lowest BCUT2D eigenvalue weighted by Gasteiger charge is -2.35. The van der Waals surface area contributed by atoms with Crippen LogP contribution < -0.4 is 20.6 Å². The summed E-state index contributed by atoms with van der Waals surface area (Å²) in [5.74, 6) is 1.35. The Morgan fingerprint density at radius 1 is 1.10 bits per heavy atom. The van der Waals surface area contributed by atoms with Gasteiger partial charge in [0.2, 0.25) is 0 Å². The van der Waals surface area contributed by atoms with E-state index in [1.807, 2.05) is 55.5 Å². The molecule has 0 saturated carbocycles. The van der Waals surface area contributed by atoms with Crippen LogP contribution in [0.5, 0.6) is 5.75 Å². The van der Waals surface area contributed by atoms with E-state index in [1.165, 1.54) is 11.8 Å². The summed E-state index contributed by atoms with van der Waals surface area (Å²) in [5.41, 5.74) is 1.39. The zero-order chi connectivity index (χ0) is 20.7. The van der Waals surface area contributed by atoms with Crippen molar-refractivity contribution in [2.45, 2.75) is 13.1 Å². The first-order chi connectivity index (χ1) is 14.7. The van der Waals surface area contributed by atoms with Crippen LogP contribution >= 0.6 is 11.8 Å². The molecule has 0 bridgehead atoms. The SMILES string of the molecule is CCSC1=NN2C(=c3ccccc3=N[C@@H]2c2c(OC)ccc3ccccc23)C(=O)N1. The van der Waals surface area contributed by atoms with Crippen molar-refractivity contribution in [3.8, 4) is 5.75 Å². The van der Waals surface area contributed by atoms with Gasteiger partial charge in [0, 0.05) is 10.8 Å². The predicted octanol–water partition coefficient (Wildman–Crippen LogP) is 2.74. The minimum Gasteiger partial charge on any atom is -0.496 e. The lowest BCUT2D eigenvalue weighted by Crippen LogP contribution is -2.50. The normalized spacial score (nSPS) is 17.6. The van der Waals surface area contributed by atoms with Gasteiger partial charge in [-0.05, 0) is 28.7 Å². The smallest absolute Gasteiger partial charge is 0.276 e. The minimum absolute atomic E-state index is 0.174. The number of carbonyl (C=O) groups excluding carboxylic acids is 1. The summed E-state index contributed by atoms with van der Waals surface area (Å²) in [4.78, 5) is 18.1. The van der Waals surface area contributed by atoms with Gasteiger partial charge in [0.05, 0.1) is 12.5 Å². The molecule has 1 atom stereocenters. The van der Waals surface area contributed by atoms with Gasteiger partial charge in [-0.3, -0.25) is 15.1 Å². The maximum absolute atomic E-state index is 13.1. The van der Waals surface area contributed by atoms with Crippen LogP contribution in [0.15, 0.2) is 70.8 Å².